The van der Waals surface area contributed by atoms with Crippen molar-refractivity contribution in [3.05, 3.63) is 46.4 Å². The summed E-state index contributed by atoms with van der Waals surface area (Å²) in [6, 6.07) is 2.67. The van der Waals surface area contributed by atoms with E-state index in [-0.39, 0.29) is 18.1 Å². The molecule has 0 unspecified atom stereocenters. The molecule has 1 amide bonds. The summed E-state index contributed by atoms with van der Waals surface area (Å²) < 4.78 is 47.1. The third-order valence-electron chi connectivity index (χ3n) is 5.48. The van der Waals surface area contributed by atoms with Gasteiger partial charge in [-0.25, -0.2) is 4.98 Å². The van der Waals surface area contributed by atoms with Crippen molar-refractivity contribution in [2.75, 3.05) is 13.7 Å². The number of ether oxygens (including phenoxy) is 1. The van der Waals surface area contributed by atoms with Gasteiger partial charge in [0.25, 0.3) is 5.91 Å². The molecule has 0 aliphatic carbocycles. The van der Waals surface area contributed by atoms with Crippen molar-refractivity contribution < 1.29 is 22.7 Å². The third kappa shape index (κ3) is 3.53. The Kier molecular flexibility index (Phi) is 4.98. The second-order valence-electron chi connectivity index (χ2n) is 7.40. The van der Waals surface area contributed by atoms with Gasteiger partial charge in [-0.05, 0) is 25.5 Å². The van der Waals surface area contributed by atoms with Gasteiger partial charge in [0.1, 0.15) is 11.4 Å². The molecular formula is C20H21F3N6O2. The lowest BCUT2D eigenvalue weighted by Crippen LogP contribution is -2.36. The number of carbonyl (C=O) groups is 1. The van der Waals surface area contributed by atoms with Crippen molar-refractivity contribution in [2.24, 2.45) is 14.1 Å². The lowest BCUT2D eigenvalue weighted by atomic mass is 10.0. The molecule has 3 aromatic heterocycles. The van der Waals surface area contributed by atoms with Crippen LogP contribution in [0.25, 0.3) is 11.4 Å². The van der Waals surface area contributed by atoms with Crippen LogP contribution in [0.2, 0.25) is 0 Å². The first kappa shape index (κ1) is 20.9. The van der Waals surface area contributed by atoms with Crippen LogP contribution in [0.15, 0.2) is 18.3 Å². The maximum Gasteiger partial charge on any atom is 0.433 e. The Hall–Kier alpha value is -3.37. The molecule has 0 bridgehead atoms. The predicted octanol–water partition coefficient (Wildman–Crippen LogP) is 2.75. The predicted molar refractivity (Wildman–Crippen MR) is 104 cm³/mol. The van der Waals surface area contributed by atoms with E-state index in [4.69, 9.17) is 4.74 Å². The van der Waals surface area contributed by atoms with Gasteiger partial charge >= 0.3 is 6.18 Å². The molecule has 0 radical (unpaired) electrons. The summed E-state index contributed by atoms with van der Waals surface area (Å²) in [5.74, 6) is 0.215. The van der Waals surface area contributed by atoms with Crippen molar-refractivity contribution in [2.45, 2.75) is 26.1 Å². The number of hydrogen-bond donors (Lipinski definition) is 0. The summed E-state index contributed by atoms with van der Waals surface area (Å²) in [5.41, 5.74) is 2.52. The van der Waals surface area contributed by atoms with Crippen LogP contribution in [-0.2, 0) is 33.2 Å². The number of rotatable bonds is 3. The summed E-state index contributed by atoms with van der Waals surface area (Å²) in [4.78, 5) is 18.9. The fourth-order valence-electron chi connectivity index (χ4n) is 3.99. The Bertz CT molecular complexity index is 1160. The molecule has 0 atom stereocenters. The number of pyridine rings is 1. The summed E-state index contributed by atoms with van der Waals surface area (Å²) in [6.07, 6.45) is -2.51. The van der Waals surface area contributed by atoms with E-state index >= 15 is 0 Å². The lowest BCUT2D eigenvalue weighted by Gasteiger charge is -2.27. The second-order valence-corrected chi connectivity index (χ2v) is 7.40. The number of fused-ring (bicyclic) bond motifs is 1. The normalized spacial score (nSPS) is 14.0. The molecule has 3 aromatic rings. The lowest BCUT2D eigenvalue weighted by molar-refractivity contribution is -0.143. The van der Waals surface area contributed by atoms with E-state index in [1.54, 1.807) is 24.9 Å². The van der Waals surface area contributed by atoms with E-state index in [1.807, 2.05) is 0 Å². The zero-order valence-corrected chi connectivity index (χ0v) is 17.5. The summed E-state index contributed by atoms with van der Waals surface area (Å²) in [5, 5.41) is 8.52. The molecule has 1 aliphatic rings. The fourth-order valence-corrected chi connectivity index (χ4v) is 3.99. The fraction of sp³-hybridized carbons (Fsp3) is 0.400. The van der Waals surface area contributed by atoms with Gasteiger partial charge in [-0.2, -0.15) is 23.4 Å². The van der Waals surface area contributed by atoms with Crippen molar-refractivity contribution in [1.29, 1.82) is 0 Å². The molecule has 164 valence electrons. The number of aryl methyl sites for hydroxylation is 2. The monoisotopic (exact) mass is 434 g/mol. The Balaban J connectivity index is 1.65. The van der Waals surface area contributed by atoms with Gasteiger partial charge in [0.15, 0.2) is 0 Å². The molecule has 4 rings (SSSR count). The van der Waals surface area contributed by atoms with Crippen LogP contribution in [0, 0.1) is 6.92 Å². The molecule has 0 saturated carbocycles. The van der Waals surface area contributed by atoms with Crippen LogP contribution >= 0.6 is 0 Å². The van der Waals surface area contributed by atoms with E-state index in [2.05, 4.69) is 15.2 Å². The highest BCUT2D eigenvalue weighted by atomic mass is 19.4. The quantitative estimate of drug-likeness (QED) is 0.634. The number of carbonyl (C=O) groups excluding carboxylic acids is 1. The van der Waals surface area contributed by atoms with Crippen molar-refractivity contribution in [3.8, 4) is 17.3 Å². The molecular weight excluding hydrogens is 413 g/mol. The first-order valence-corrected chi connectivity index (χ1v) is 9.57. The Morgan fingerprint density at radius 2 is 1.94 bits per heavy atom. The van der Waals surface area contributed by atoms with Gasteiger partial charge in [0, 0.05) is 43.5 Å². The van der Waals surface area contributed by atoms with E-state index in [0.717, 1.165) is 16.3 Å². The molecule has 0 saturated heterocycles. The minimum absolute atomic E-state index is 0.173. The number of aromatic nitrogens is 5. The summed E-state index contributed by atoms with van der Waals surface area (Å²) >= 11 is 0. The molecule has 1 aliphatic heterocycles. The SMILES string of the molecule is COc1nccc(C(=O)N2CCc3c(nn(C)c3-c3cc(C(F)(F)F)n(C)n3)C2)c1C. The molecule has 0 aromatic carbocycles. The van der Waals surface area contributed by atoms with Gasteiger partial charge in [-0.1, -0.05) is 0 Å². The average molecular weight is 434 g/mol. The van der Waals surface area contributed by atoms with Crippen LogP contribution in [0.5, 0.6) is 5.88 Å². The largest absolute Gasteiger partial charge is 0.481 e. The number of hydrogen-bond acceptors (Lipinski definition) is 5. The summed E-state index contributed by atoms with van der Waals surface area (Å²) in [7, 11) is 4.43. The van der Waals surface area contributed by atoms with Crippen LogP contribution in [0.3, 0.4) is 0 Å². The summed E-state index contributed by atoms with van der Waals surface area (Å²) in [6.45, 7) is 2.44. The minimum atomic E-state index is -4.49. The van der Waals surface area contributed by atoms with Gasteiger partial charge in [-0.15, -0.1) is 0 Å². The number of nitrogens with zero attached hydrogens (tertiary/aromatic N) is 6. The Morgan fingerprint density at radius 3 is 2.58 bits per heavy atom. The maximum atomic E-state index is 13.2. The van der Waals surface area contributed by atoms with Crippen LogP contribution in [-0.4, -0.2) is 49.0 Å². The van der Waals surface area contributed by atoms with Crippen molar-refractivity contribution in [1.82, 2.24) is 29.4 Å². The van der Waals surface area contributed by atoms with Crippen LogP contribution in [0.1, 0.15) is 32.9 Å². The molecule has 0 N–H and O–H groups in total. The highest BCUT2D eigenvalue weighted by molar-refractivity contribution is 5.96. The highest BCUT2D eigenvalue weighted by Crippen LogP contribution is 2.35. The van der Waals surface area contributed by atoms with Gasteiger partial charge in [-0.3, -0.25) is 14.2 Å². The van der Waals surface area contributed by atoms with Gasteiger partial charge in [0.05, 0.1) is 25.0 Å². The van der Waals surface area contributed by atoms with Crippen LogP contribution in [0.4, 0.5) is 13.2 Å². The van der Waals surface area contributed by atoms with E-state index in [0.29, 0.717) is 41.4 Å². The van der Waals surface area contributed by atoms with E-state index in [1.165, 1.54) is 25.0 Å². The van der Waals surface area contributed by atoms with Gasteiger partial charge < -0.3 is 9.64 Å². The number of alkyl halides is 3. The average Bonchev–Trinajstić information content (AvgIpc) is 3.25. The van der Waals surface area contributed by atoms with E-state index < -0.39 is 11.9 Å². The molecule has 31 heavy (non-hydrogen) atoms. The van der Waals surface area contributed by atoms with Crippen molar-refractivity contribution >= 4 is 5.91 Å². The molecule has 0 spiro atoms. The third-order valence-corrected chi connectivity index (χ3v) is 5.48. The first-order chi connectivity index (χ1) is 14.6. The molecule has 11 heteroatoms. The minimum Gasteiger partial charge on any atom is -0.481 e. The molecule has 4 heterocycles. The van der Waals surface area contributed by atoms with Crippen LogP contribution < -0.4 is 4.74 Å². The second kappa shape index (κ2) is 7.40. The zero-order chi connectivity index (χ0) is 22.5. The molecule has 8 nitrogen and oxygen atoms in total. The Labute approximate surface area is 176 Å². The smallest absolute Gasteiger partial charge is 0.433 e. The zero-order valence-electron chi connectivity index (χ0n) is 17.5. The topological polar surface area (TPSA) is 78.1 Å². The number of amides is 1. The first-order valence-electron chi connectivity index (χ1n) is 9.57. The van der Waals surface area contributed by atoms with Crippen molar-refractivity contribution in [3.63, 3.8) is 0 Å². The molecule has 0 fully saturated rings. The van der Waals surface area contributed by atoms with Gasteiger partial charge in [0.2, 0.25) is 5.88 Å². The Morgan fingerprint density at radius 1 is 1.19 bits per heavy atom. The standard InChI is InChI=1S/C20H21F3N6O2/c1-11-12(5-7-24-18(11)31-4)19(30)29-8-6-13-15(10-29)26-28(3)17(13)14-9-16(20(21,22)23)27(2)25-14/h5,7,9H,6,8,10H2,1-4H3. The number of halogens is 3. The number of methoxy groups -OCH3 is 1. The maximum absolute atomic E-state index is 13.2. The highest BCUT2D eigenvalue weighted by Gasteiger charge is 2.36. The van der Waals surface area contributed by atoms with E-state index in [9.17, 15) is 18.0 Å².